The quantitative estimate of drug-likeness (QED) is 0.816. The number of hydrogen-bond donors (Lipinski definition) is 0. The average Bonchev–Trinajstić information content (AvgIpc) is 2.42. The van der Waals surface area contributed by atoms with Gasteiger partial charge in [-0.1, -0.05) is 0 Å². The third-order valence-electron chi connectivity index (χ3n) is 3.81. The van der Waals surface area contributed by atoms with Crippen molar-refractivity contribution in [3.05, 3.63) is 33.7 Å². The largest absolute Gasteiger partial charge is 0.416 e. The Balaban J connectivity index is 2.16. The average molecular weight is 317 g/mol. The molecule has 2 rings (SSSR count). The molecule has 0 atom stereocenters. The van der Waals surface area contributed by atoms with E-state index in [-0.39, 0.29) is 18.1 Å². The molecule has 0 unspecified atom stereocenters. The third-order valence-corrected chi connectivity index (χ3v) is 3.81. The first kappa shape index (κ1) is 16.5. The van der Waals surface area contributed by atoms with Gasteiger partial charge in [-0.15, -0.1) is 0 Å². The lowest BCUT2D eigenvalue weighted by Gasteiger charge is -2.32. The molecule has 0 N–H and O–H groups in total. The Morgan fingerprint density at radius 2 is 1.77 bits per heavy atom. The predicted molar refractivity (Wildman–Crippen MR) is 74.5 cm³/mol. The lowest BCUT2D eigenvalue weighted by molar-refractivity contribution is -0.137. The smallest absolute Gasteiger partial charge is 0.339 e. The van der Waals surface area contributed by atoms with E-state index in [1.807, 2.05) is 7.05 Å². The fourth-order valence-electron chi connectivity index (χ4n) is 2.39. The summed E-state index contributed by atoms with van der Waals surface area (Å²) in [5.41, 5.74) is -1.67. The van der Waals surface area contributed by atoms with Gasteiger partial charge in [-0.25, -0.2) is 0 Å². The van der Waals surface area contributed by atoms with Crippen molar-refractivity contribution in [1.29, 1.82) is 0 Å². The summed E-state index contributed by atoms with van der Waals surface area (Å²) in [6.07, 6.45) is -4.57. The number of nitrogens with zero attached hydrogens (tertiary/aromatic N) is 3. The molecule has 2 heterocycles. The van der Waals surface area contributed by atoms with Crippen LogP contribution >= 0.6 is 0 Å². The van der Waals surface area contributed by atoms with Gasteiger partial charge < -0.3 is 14.4 Å². The molecule has 122 valence electrons. The zero-order chi connectivity index (χ0) is 16.5. The zero-order valence-electron chi connectivity index (χ0n) is 12.5. The van der Waals surface area contributed by atoms with Crippen LogP contribution in [-0.2, 0) is 17.5 Å². The molecule has 22 heavy (non-hydrogen) atoms. The molecule has 8 heteroatoms. The molecule has 0 saturated carbocycles. The van der Waals surface area contributed by atoms with Crippen molar-refractivity contribution >= 4 is 5.91 Å². The number of aryl methyl sites for hydroxylation is 1. The fourth-order valence-corrected chi connectivity index (χ4v) is 2.39. The van der Waals surface area contributed by atoms with Gasteiger partial charge in [0.25, 0.3) is 5.56 Å². The molecule has 1 aromatic rings. The molecule has 0 aliphatic carbocycles. The minimum atomic E-state index is -4.57. The molecule has 0 aromatic carbocycles. The number of carbonyl (C=O) groups excluding carboxylic acids is 1. The van der Waals surface area contributed by atoms with Crippen LogP contribution in [0.25, 0.3) is 0 Å². The number of aromatic nitrogens is 1. The highest BCUT2D eigenvalue weighted by molar-refractivity contribution is 5.76. The SMILES string of the molecule is Cc1cc(C(F)(F)F)cc(=O)n1CC(=O)N1CCN(C)CC1. The molecule has 0 spiro atoms. The molecule has 1 amide bonds. The van der Waals surface area contributed by atoms with Gasteiger partial charge in [0.05, 0.1) is 5.56 Å². The second-order valence-corrected chi connectivity index (χ2v) is 5.49. The zero-order valence-corrected chi connectivity index (χ0v) is 12.5. The summed E-state index contributed by atoms with van der Waals surface area (Å²) >= 11 is 0. The van der Waals surface area contributed by atoms with Gasteiger partial charge in [0, 0.05) is 37.9 Å². The van der Waals surface area contributed by atoms with Gasteiger partial charge in [0.2, 0.25) is 5.91 Å². The molecular weight excluding hydrogens is 299 g/mol. The first-order valence-corrected chi connectivity index (χ1v) is 6.93. The van der Waals surface area contributed by atoms with E-state index in [0.29, 0.717) is 19.2 Å². The van der Waals surface area contributed by atoms with Gasteiger partial charge in [-0.3, -0.25) is 9.59 Å². The maximum Gasteiger partial charge on any atom is 0.416 e. The Bertz CT molecular complexity index is 617. The van der Waals surface area contributed by atoms with Crippen molar-refractivity contribution in [3.63, 3.8) is 0 Å². The van der Waals surface area contributed by atoms with Crippen LogP contribution in [0.5, 0.6) is 0 Å². The van der Waals surface area contributed by atoms with E-state index < -0.39 is 17.3 Å². The van der Waals surface area contributed by atoms with Crippen molar-refractivity contribution in [2.75, 3.05) is 33.2 Å². The Morgan fingerprint density at radius 3 is 2.27 bits per heavy atom. The van der Waals surface area contributed by atoms with Crippen molar-refractivity contribution < 1.29 is 18.0 Å². The van der Waals surface area contributed by atoms with Crippen molar-refractivity contribution in [1.82, 2.24) is 14.4 Å². The van der Waals surface area contributed by atoms with Crippen LogP contribution in [0, 0.1) is 6.92 Å². The molecule has 1 aliphatic heterocycles. The summed E-state index contributed by atoms with van der Waals surface area (Å²) in [7, 11) is 1.95. The predicted octanol–water partition coefficient (Wildman–Crippen LogP) is 0.950. The summed E-state index contributed by atoms with van der Waals surface area (Å²) in [5, 5.41) is 0. The lowest BCUT2D eigenvalue weighted by Crippen LogP contribution is -2.48. The van der Waals surface area contributed by atoms with Crippen LogP contribution in [0.3, 0.4) is 0 Å². The number of likely N-dealkylation sites (N-methyl/N-ethyl adjacent to an activating group) is 1. The van der Waals surface area contributed by atoms with Gasteiger partial charge >= 0.3 is 6.18 Å². The molecule has 0 bridgehead atoms. The molecule has 5 nitrogen and oxygen atoms in total. The highest BCUT2D eigenvalue weighted by atomic mass is 19.4. The van der Waals surface area contributed by atoms with E-state index in [4.69, 9.17) is 0 Å². The van der Waals surface area contributed by atoms with Crippen LogP contribution in [0.1, 0.15) is 11.3 Å². The van der Waals surface area contributed by atoms with Crippen LogP contribution in [0.2, 0.25) is 0 Å². The third kappa shape index (κ3) is 3.68. The van der Waals surface area contributed by atoms with Crippen molar-refractivity contribution in [3.8, 4) is 0 Å². The highest BCUT2D eigenvalue weighted by Gasteiger charge is 2.32. The number of alkyl halides is 3. The molecular formula is C14H18F3N3O2. The first-order valence-electron chi connectivity index (χ1n) is 6.93. The number of hydrogen-bond acceptors (Lipinski definition) is 3. The number of carbonyl (C=O) groups is 1. The molecule has 1 aliphatic rings. The maximum atomic E-state index is 12.6. The lowest BCUT2D eigenvalue weighted by atomic mass is 10.2. The van der Waals surface area contributed by atoms with Crippen LogP contribution in [-0.4, -0.2) is 53.5 Å². The standard InChI is InChI=1S/C14H18F3N3O2/c1-10-7-11(14(15,16)17)8-12(21)20(10)9-13(22)19-5-3-18(2)4-6-19/h7-8H,3-6,9H2,1-2H3. The second kappa shape index (κ2) is 6.12. The summed E-state index contributed by atoms with van der Waals surface area (Å²) in [6, 6.07) is 1.42. The van der Waals surface area contributed by atoms with E-state index >= 15 is 0 Å². The van der Waals surface area contributed by atoms with E-state index in [2.05, 4.69) is 4.90 Å². The molecule has 1 fully saturated rings. The maximum absolute atomic E-state index is 12.6. The van der Waals surface area contributed by atoms with Gasteiger partial charge in [-0.2, -0.15) is 13.2 Å². The minimum Gasteiger partial charge on any atom is -0.339 e. The van der Waals surface area contributed by atoms with E-state index in [1.165, 1.54) is 6.92 Å². The first-order chi connectivity index (χ1) is 10.2. The normalized spacial score (nSPS) is 16.9. The second-order valence-electron chi connectivity index (χ2n) is 5.49. The summed E-state index contributed by atoms with van der Waals surface area (Å²) in [4.78, 5) is 27.8. The fraction of sp³-hybridized carbons (Fsp3) is 0.571. The van der Waals surface area contributed by atoms with Gasteiger partial charge in [0.1, 0.15) is 6.54 Å². The summed E-state index contributed by atoms with van der Waals surface area (Å²) in [5.74, 6) is -0.252. The van der Waals surface area contributed by atoms with Crippen LogP contribution in [0.4, 0.5) is 13.2 Å². The Morgan fingerprint density at radius 1 is 1.18 bits per heavy atom. The Hall–Kier alpha value is -1.83. The van der Waals surface area contributed by atoms with Crippen molar-refractivity contribution in [2.24, 2.45) is 0 Å². The number of piperazine rings is 1. The number of halogens is 3. The summed E-state index contributed by atoms with van der Waals surface area (Å²) in [6.45, 7) is 3.77. The molecule has 1 saturated heterocycles. The molecule has 0 radical (unpaired) electrons. The number of pyridine rings is 1. The highest BCUT2D eigenvalue weighted by Crippen LogP contribution is 2.28. The Labute approximate surface area is 125 Å². The summed E-state index contributed by atoms with van der Waals surface area (Å²) < 4.78 is 39.0. The van der Waals surface area contributed by atoms with Crippen molar-refractivity contribution in [2.45, 2.75) is 19.6 Å². The monoisotopic (exact) mass is 317 g/mol. The molecule has 1 aromatic heterocycles. The van der Waals surface area contributed by atoms with Gasteiger partial charge in [-0.05, 0) is 20.0 Å². The number of rotatable bonds is 2. The van der Waals surface area contributed by atoms with E-state index in [1.54, 1.807) is 4.90 Å². The van der Waals surface area contributed by atoms with Crippen LogP contribution in [0.15, 0.2) is 16.9 Å². The number of amides is 1. The van der Waals surface area contributed by atoms with Crippen LogP contribution < -0.4 is 5.56 Å². The minimum absolute atomic E-state index is 0.127. The topological polar surface area (TPSA) is 45.6 Å². The van der Waals surface area contributed by atoms with Gasteiger partial charge in [0.15, 0.2) is 0 Å². The van der Waals surface area contributed by atoms with E-state index in [0.717, 1.165) is 23.7 Å². The Kier molecular flexibility index (Phi) is 4.60. The van der Waals surface area contributed by atoms with E-state index in [9.17, 15) is 22.8 Å².